The van der Waals surface area contributed by atoms with Crippen molar-refractivity contribution in [3.05, 3.63) is 66.0 Å². The molecular weight excluding hydrogens is 248 g/mol. The van der Waals surface area contributed by atoms with Crippen molar-refractivity contribution in [1.29, 1.82) is 0 Å². The number of benzene rings is 2. The van der Waals surface area contributed by atoms with Crippen molar-refractivity contribution >= 4 is 11.0 Å². The molecule has 0 radical (unpaired) electrons. The van der Waals surface area contributed by atoms with Crippen LogP contribution in [0.2, 0.25) is 0 Å². The quantitative estimate of drug-likeness (QED) is 0.631. The maximum atomic E-state index is 5.11. The van der Waals surface area contributed by atoms with Gasteiger partial charge in [0.1, 0.15) is 11.4 Å². The molecule has 0 atom stereocenters. The highest BCUT2D eigenvalue weighted by atomic mass is 16.5. The summed E-state index contributed by atoms with van der Waals surface area (Å²) < 4.78 is 5.11. The highest BCUT2D eigenvalue weighted by molar-refractivity contribution is 5.74. The van der Waals surface area contributed by atoms with Crippen LogP contribution in [0, 0.1) is 11.8 Å². The van der Waals surface area contributed by atoms with Gasteiger partial charge in [0.25, 0.3) is 0 Å². The normalized spacial score (nSPS) is 9.85. The Morgan fingerprint density at radius 3 is 2.40 bits per heavy atom. The zero-order chi connectivity index (χ0) is 13.8. The van der Waals surface area contributed by atoms with E-state index in [0.29, 0.717) is 5.69 Å². The Kier molecular flexibility index (Phi) is 3.30. The topological polar surface area (TPSA) is 35.0 Å². The third-order valence-corrected chi connectivity index (χ3v) is 2.87. The molecule has 2 aromatic carbocycles. The first kappa shape index (κ1) is 12.2. The largest absolute Gasteiger partial charge is 0.497 e. The van der Waals surface area contributed by atoms with Gasteiger partial charge in [-0.15, -0.1) is 0 Å². The van der Waals surface area contributed by atoms with Gasteiger partial charge in [0.2, 0.25) is 0 Å². The fraction of sp³-hybridized carbons (Fsp3) is 0.0588. The molecule has 0 aliphatic rings. The van der Waals surface area contributed by atoms with Crippen LogP contribution in [0.3, 0.4) is 0 Å². The van der Waals surface area contributed by atoms with Crippen LogP contribution in [0.5, 0.6) is 5.75 Å². The molecule has 0 spiro atoms. The highest BCUT2D eigenvalue weighted by Crippen LogP contribution is 2.11. The minimum atomic E-state index is 0.666. The van der Waals surface area contributed by atoms with E-state index in [-0.39, 0.29) is 0 Å². The van der Waals surface area contributed by atoms with E-state index < -0.39 is 0 Å². The Hall–Kier alpha value is -2.86. The number of ether oxygens (including phenoxy) is 1. The fourth-order valence-corrected chi connectivity index (χ4v) is 1.83. The Morgan fingerprint density at radius 2 is 1.65 bits per heavy atom. The first-order chi connectivity index (χ1) is 9.85. The summed E-state index contributed by atoms with van der Waals surface area (Å²) in [5, 5.41) is 0. The minimum absolute atomic E-state index is 0.666. The maximum Gasteiger partial charge on any atom is 0.132 e. The molecule has 3 aromatic rings. The smallest absolute Gasteiger partial charge is 0.132 e. The summed E-state index contributed by atoms with van der Waals surface area (Å²) in [4.78, 5) is 8.80. The van der Waals surface area contributed by atoms with Crippen LogP contribution in [-0.4, -0.2) is 17.1 Å². The fourth-order valence-electron chi connectivity index (χ4n) is 1.83. The summed E-state index contributed by atoms with van der Waals surface area (Å²) in [7, 11) is 1.64. The third-order valence-electron chi connectivity index (χ3n) is 2.87. The van der Waals surface area contributed by atoms with E-state index in [1.165, 1.54) is 0 Å². The molecule has 0 N–H and O–H groups in total. The van der Waals surface area contributed by atoms with E-state index in [1.807, 2.05) is 48.5 Å². The average molecular weight is 260 g/mol. The first-order valence-corrected chi connectivity index (χ1v) is 6.23. The summed E-state index contributed by atoms with van der Waals surface area (Å²) >= 11 is 0. The van der Waals surface area contributed by atoms with E-state index in [2.05, 4.69) is 21.8 Å². The number of rotatable bonds is 1. The average Bonchev–Trinajstić information content (AvgIpc) is 2.53. The number of fused-ring (bicyclic) bond motifs is 1. The molecule has 1 heterocycles. The summed E-state index contributed by atoms with van der Waals surface area (Å²) in [6.07, 6.45) is 1.69. The van der Waals surface area contributed by atoms with Crippen LogP contribution in [-0.2, 0) is 0 Å². The second-order valence-electron chi connectivity index (χ2n) is 4.22. The monoisotopic (exact) mass is 260 g/mol. The van der Waals surface area contributed by atoms with E-state index in [1.54, 1.807) is 13.3 Å². The van der Waals surface area contributed by atoms with E-state index in [9.17, 15) is 0 Å². The molecule has 0 aliphatic carbocycles. The molecule has 0 unspecified atom stereocenters. The summed E-state index contributed by atoms with van der Waals surface area (Å²) in [6, 6.07) is 15.4. The Balaban J connectivity index is 1.90. The number of hydrogen-bond donors (Lipinski definition) is 0. The molecule has 96 valence electrons. The van der Waals surface area contributed by atoms with Crippen molar-refractivity contribution in [2.75, 3.05) is 7.11 Å². The van der Waals surface area contributed by atoms with Crippen molar-refractivity contribution in [3.8, 4) is 17.6 Å². The van der Waals surface area contributed by atoms with Gasteiger partial charge < -0.3 is 4.74 Å². The van der Waals surface area contributed by atoms with Gasteiger partial charge in [0.15, 0.2) is 0 Å². The predicted molar refractivity (Wildman–Crippen MR) is 78.5 cm³/mol. The van der Waals surface area contributed by atoms with Gasteiger partial charge in [-0.25, -0.2) is 4.98 Å². The van der Waals surface area contributed by atoms with E-state index in [4.69, 9.17) is 4.74 Å². The summed E-state index contributed by atoms with van der Waals surface area (Å²) in [5.41, 5.74) is 3.32. The van der Waals surface area contributed by atoms with Crippen LogP contribution in [0.25, 0.3) is 11.0 Å². The number of methoxy groups -OCH3 is 1. The van der Waals surface area contributed by atoms with Gasteiger partial charge in [0, 0.05) is 5.56 Å². The standard InChI is InChI=1S/C17H12N2O/c1-20-15-10-7-13(8-11-15)6-9-14-12-18-16-4-2-3-5-17(16)19-14/h2-5,7-8,10-12H,1H3. The van der Waals surface area contributed by atoms with Crippen molar-refractivity contribution in [2.45, 2.75) is 0 Å². The highest BCUT2D eigenvalue weighted by Gasteiger charge is 1.96. The van der Waals surface area contributed by atoms with Crippen LogP contribution >= 0.6 is 0 Å². The second kappa shape index (κ2) is 5.41. The zero-order valence-electron chi connectivity index (χ0n) is 11.0. The Morgan fingerprint density at radius 1 is 0.900 bits per heavy atom. The molecule has 3 rings (SSSR count). The molecule has 0 fully saturated rings. The molecule has 0 saturated carbocycles. The van der Waals surface area contributed by atoms with E-state index in [0.717, 1.165) is 22.3 Å². The molecule has 20 heavy (non-hydrogen) atoms. The lowest BCUT2D eigenvalue weighted by Gasteiger charge is -1.98. The van der Waals surface area contributed by atoms with E-state index >= 15 is 0 Å². The lowest BCUT2D eigenvalue weighted by atomic mass is 10.2. The Bertz CT molecular complexity index is 798. The van der Waals surface area contributed by atoms with Gasteiger partial charge in [-0.3, -0.25) is 4.98 Å². The van der Waals surface area contributed by atoms with Gasteiger partial charge >= 0.3 is 0 Å². The van der Waals surface area contributed by atoms with Crippen molar-refractivity contribution in [1.82, 2.24) is 9.97 Å². The predicted octanol–water partition coefficient (Wildman–Crippen LogP) is 3.04. The summed E-state index contributed by atoms with van der Waals surface area (Å²) in [6.45, 7) is 0. The molecule has 3 heteroatoms. The molecular formula is C17H12N2O. The molecule has 1 aromatic heterocycles. The van der Waals surface area contributed by atoms with Crippen molar-refractivity contribution < 1.29 is 4.74 Å². The molecule has 3 nitrogen and oxygen atoms in total. The van der Waals surface area contributed by atoms with Gasteiger partial charge in [0.05, 0.1) is 24.3 Å². The van der Waals surface area contributed by atoms with Gasteiger partial charge in [-0.05, 0) is 42.3 Å². The first-order valence-electron chi connectivity index (χ1n) is 6.23. The Labute approximate surface area is 117 Å². The molecule has 0 aliphatic heterocycles. The van der Waals surface area contributed by atoms with Crippen LogP contribution in [0.15, 0.2) is 54.7 Å². The van der Waals surface area contributed by atoms with Crippen LogP contribution in [0.4, 0.5) is 0 Å². The molecule has 0 bridgehead atoms. The number of aromatic nitrogens is 2. The van der Waals surface area contributed by atoms with Crippen molar-refractivity contribution in [3.63, 3.8) is 0 Å². The maximum absolute atomic E-state index is 5.11. The van der Waals surface area contributed by atoms with Gasteiger partial charge in [-0.1, -0.05) is 18.1 Å². The SMILES string of the molecule is COc1ccc(C#Cc2cnc3ccccc3n2)cc1. The number of para-hydroxylation sites is 2. The number of hydrogen-bond acceptors (Lipinski definition) is 3. The van der Waals surface area contributed by atoms with Crippen LogP contribution in [0.1, 0.15) is 11.3 Å². The zero-order valence-corrected chi connectivity index (χ0v) is 11.0. The van der Waals surface area contributed by atoms with Crippen LogP contribution < -0.4 is 4.74 Å². The number of nitrogens with zero attached hydrogens (tertiary/aromatic N) is 2. The lowest BCUT2D eigenvalue weighted by molar-refractivity contribution is 0.415. The minimum Gasteiger partial charge on any atom is -0.497 e. The third kappa shape index (κ3) is 2.60. The molecule has 0 saturated heterocycles. The lowest BCUT2D eigenvalue weighted by Crippen LogP contribution is -1.87. The summed E-state index contributed by atoms with van der Waals surface area (Å²) in [5.74, 6) is 6.92. The molecule has 0 amide bonds. The van der Waals surface area contributed by atoms with Gasteiger partial charge in [-0.2, -0.15) is 0 Å². The van der Waals surface area contributed by atoms with Crippen molar-refractivity contribution in [2.24, 2.45) is 0 Å². The second-order valence-corrected chi connectivity index (χ2v) is 4.22.